The Morgan fingerprint density at radius 2 is 1.96 bits per heavy atom. The molecule has 0 fully saturated rings. The average Bonchev–Trinajstić information content (AvgIpc) is 3.03. The van der Waals surface area contributed by atoms with Gasteiger partial charge >= 0.3 is 0 Å². The molecule has 7 heteroatoms. The molecule has 0 spiro atoms. The minimum absolute atomic E-state index is 0.638. The fourth-order valence-corrected chi connectivity index (χ4v) is 3.16. The van der Waals surface area contributed by atoms with Crippen molar-refractivity contribution in [2.45, 2.75) is 6.42 Å². The molecule has 0 amide bonds. The summed E-state index contributed by atoms with van der Waals surface area (Å²) < 4.78 is 24.8. The van der Waals surface area contributed by atoms with Crippen LogP contribution in [-0.4, -0.2) is 39.6 Å². The van der Waals surface area contributed by atoms with Gasteiger partial charge in [-0.25, -0.2) is 8.42 Å². The Morgan fingerprint density at radius 1 is 1.19 bits per heavy atom. The van der Waals surface area contributed by atoms with Gasteiger partial charge in [-0.1, -0.05) is 18.2 Å². The first-order valence-electron chi connectivity index (χ1n) is 8.29. The van der Waals surface area contributed by atoms with E-state index in [1.54, 1.807) is 19.5 Å². The number of aromatic nitrogens is 1. The topological polar surface area (TPSA) is 77.6 Å². The van der Waals surface area contributed by atoms with E-state index in [2.05, 4.69) is 15.3 Å². The maximum absolute atomic E-state index is 11.7. The van der Waals surface area contributed by atoms with Crippen LogP contribution in [0, 0.1) is 0 Å². The summed E-state index contributed by atoms with van der Waals surface area (Å²) in [6, 6.07) is 15.4. The smallest absolute Gasteiger partial charge is 0.231 e. The molecule has 0 radical (unpaired) electrons. The van der Waals surface area contributed by atoms with E-state index in [-0.39, 0.29) is 0 Å². The fraction of sp³-hybridized carbons (Fsp3) is 0.211. The predicted octanol–water partition coefficient (Wildman–Crippen LogP) is 3.25. The van der Waals surface area contributed by atoms with Crippen molar-refractivity contribution in [1.29, 1.82) is 0 Å². The van der Waals surface area contributed by atoms with Crippen LogP contribution in [0.2, 0.25) is 0 Å². The lowest BCUT2D eigenvalue weighted by Gasteiger charge is -2.16. The van der Waals surface area contributed by atoms with Gasteiger partial charge in [0.15, 0.2) is 0 Å². The summed E-state index contributed by atoms with van der Waals surface area (Å²) in [7, 11) is -1.72. The van der Waals surface area contributed by atoms with Gasteiger partial charge in [-0.3, -0.25) is 9.30 Å². The highest BCUT2D eigenvalue weighted by atomic mass is 32.2. The Kier molecular flexibility index (Phi) is 5.27. The second kappa shape index (κ2) is 7.61. The third kappa shape index (κ3) is 4.23. The molecule has 136 valence electrons. The van der Waals surface area contributed by atoms with E-state index in [4.69, 9.17) is 0 Å². The molecule has 0 aliphatic rings. The lowest BCUT2D eigenvalue weighted by molar-refractivity contribution is 0.600. The average molecular weight is 370 g/mol. The third-order valence-electron chi connectivity index (χ3n) is 4.22. The van der Waals surface area contributed by atoms with Crippen LogP contribution in [0.25, 0.3) is 10.9 Å². The number of H-pyrrole nitrogens is 1. The molecule has 2 N–H and O–H groups in total. The zero-order valence-corrected chi connectivity index (χ0v) is 15.6. The molecule has 2 aromatic carbocycles. The first-order chi connectivity index (χ1) is 12.4. The molecule has 0 atom stereocenters. The summed E-state index contributed by atoms with van der Waals surface area (Å²) in [4.78, 5) is 7.61. The number of para-hydroxylation sites is 1. The van der Waals surface area contributed by atoms with Gasteiger partial charge in [-0.15, -0.1) is 0 Å². The monoisotopic (exact) mass is 370 g/mol. The summed E-state index contributed by atoms with van der Waals surface area (Å²) in [5, 5.41) is 4.15. The molecular formula is C19H22N4O2S. The van der Waals surface area contributed by atoms with Crippen molar-refractivity contribution in [3.8, 4) is 0 Å². The van der Waals surface area contributed by atoms with Gasteiger partial charge in [0.1, 0.15) is 0 Å². The van der Waals surface area contributed by atoms with Crippen molar-refractivity contribution in [2.24, 2.45) is 4.99 Å². The Morgan fingerprint density at radius 3 is 2.69 bits per heavy atom. The first kappa shape index (κ1) is 18.0. The second-order valence-corrected chi connectivity index (χ2v) is 8.08. The fourth-order valence-electron chi connectivity index (χ4n) is 2.66. The summed E-state index contributed by atoms with van der Waals surface area (Å²) in [6.07, 6.45) is 5.62. The molecule has 0 unspecified atom stereocenters. The summed E-state index contributed by atoms with van der Waals surface area (Å²) in [6.45, 7) is 0.638. The number of aromatic amines is 1. The number of nitrogens with zero attached hydrogens (tertiary/aromatic N) is 2. The Balaban J connectivity index is 1.68. The van der Waals surface area contributed by atoms with Crippen molar-refractivity contribution in [1.82, 2.24) is 4.98 Å². The number of anilines is 2. The maximum Gasteiger partial charge on any atom is 0.231 e. The zero-order valence-electron chi connectivity index (χ0n) is 14.8. The number of hydrogen-bond acceptors (Lipinski definition) is 3. The Hall–Kier alpha value is -2.80. The molecule has 0 saturated heterocycles. The van der Waals surface area contributed by atoms with Crippen LogP contribution in [0.1, 0.15) is 5.56 Å². The molecule has 0 aliphatic heterocycles. The lowest BCUT2D eigenvalue weighted by atomic mass is 10.1. The molecule has 3 aromatic rings. The largest absolute Gasteiger partial charge is 0.361 e. The van der Waals surface area contributed by atoms with Gasteiger partial charge in [0.05, 0.1) is 18.3 Å². The van der Waals surface area contributed by atoms with Crippen molar-refractivity contribution in [2.75, 3.05) is 29.5 Å². The van der Waals surface area contributed by atoms with E-state index in [0.29, 0.717) is 12.2 Å². The number of rotatable bonds is 7. The quantitative estimate of drug-likeness (QED) is 0.495. The second-order valence-electron chi connectivity index (χ2n) is 6.07. The van der Waals surface area contributed by atoms with E-state index >= 15 is 0 Å². The van der Waals surface area contributed by atoms with E-state index in [0.717, 1.165) is 28.6 Å². The third-order valence-corrected chi connectivity index (χ3v) is 5.42. The molecule has 1 heterocycles. The van der Waals surface area contributed by atoms with Crippen LogP contribution in [0.3, 0.4) is 0 Å². The highest BCUT2D eigenvalue weighted by Crippen LogP contribution is 2.25. The van der Waals surface area contributed by atoms with Gasteiger partial charge < -0.3 is 10.3 Å². The van der Waals surface area contributed by atoms with Crippen molar-refractivity contribution in [3.63, 3.8) is 0 Å². The minimum atomic E-state index is -3.28. The predicted molar refractivity (Wildman–Crippen MR) is 109 cm³/mol. The normalized spacial score (nSPS) is 11.9. The van der Waals surface area contributed by atoms with Gasteiger partial charge in [-0.2, -0.15) is 0 Å². The lowest BCUT2D eigenvalue weighted by Crippen LogP contribution is -2.24. The van der Waals surface area contributed by atoms with Crippen LogP contribution in [0.15, 0.2) is 59.7 Å². The summed E-state index contributed by atoms with van der Waals surface area (Å²) in [5.74, 6) is 0. The highest BCUT2D eigenvalue weighted by molar-refractivity contribution is 7.92. The number of hydrogen-bond donors (Lipinski definition) is 2. The van der Waals surface area contributed by atoms with Crippen molar-refractivity contribution >= 4 is 38.6 Å². The molecule has 3 rings (SSSR count). The SMILES string of the molecule is CN(c1ccc2[nH]cc(CCN=CNc3ccccc3)c2c1)S(C)(=O)=O. The highest BCUT2D eigenvalue weighted by Gasteiger charge is 2.13. The van der Waals surface area contributed by atoms with Gasteiger partial charge in [0.2, 0.25) is 10.0 Å². The van der Waals surface area contributed by atoms with E-state index < -0.39 is 10.0 Å². The van der Waals surface area contributed by atoms with E-state index in [1.165, 1.54) is 10.6 Å². The van der Waals surface area contributed by atoms with Crippen LogP contribution in [-0.2, 0) is 16.4 Å². The number of aliphatic imine (C=N–C) groups is 1. The Bertz CT molecular complexity index is 1010. The van der Waals surface area contributed by atoms with Crippen molar-refractivity contribution < 1.29 is 8.42 Å². The van der Waals surface area contributed by atoms with Crippen LogP contribution in [0.5, 0.6) is 0 Å². The van der Waals surface area contributed by atoms with Gasteiger partial charge in [0.25, 0.3) is 0 Å². The maximum atomic E-state index is 11.7. The number of benzene rings is 2. The minimum Gasteiger partial charge on any atom is -0.361 e. The molecule has 1 aromatic heterocycles. The van der Waals surface area contributed by atoms with Gasteiger partial charge in [0, 0.05) is 36.4 Å². The van der Waals surface area contributed by atoms with E-state index in [9.17, 15) is 8.42 Å². The van der Waals surface area contributed by atoms with Crippen molar-refractivity contribution in [3.05, 3.63) is 60.3 Å². The molecule has 26 heavy (non-hydrogen) atoms. The van der Waals surface area contributed by atoms with Gasteiger partial charge in [-0.05, 0) is 42.3 Å². The summed E-state index contributed by atoms with van der Waals surface area (Å²) >= 11 is 0. The van der Waals surface area contributed by atoms with Crippen LogP contribution < -0.4 is 9.62 Å². The molecule has 0 saturated carbocycles. The zero-order chi connectivity index (χ0) is 18.6. The molecule has 0 aliphatic carbocycles. The number of sulfonamides is 1. The number of fused-ring (bicyclic) bond motifs is 1. The first-order valence-corrected chi connectivity index (χ1v) is 10.1. The molecule has 0 bridgehead atoms. The molecule has 6 nitrogen and oxygen atoms in total. The summed E-state index contributed by atoms with van der Waals surface area (Å²) in [5.41, 5.74) is 3.74. The van der Waals surface area contributed by atoms with Crippen LogP contribution >= 0.6 is 0 Å². The standard InChI is InChI=1S/C19H22N4O2S/c1-23(26(2,24)25)17-8-9-19-18(12-17)15(13-21-19)10-11-20-14-22-16-6-4-3-5-7-16/h3-9,12-14,21H,10-11H2,1-2H3,(H,20,22). The Labute approximate surface area is 153 Å². The van der Waals surface area contributed by atoms with E-state index in [1.807, 2.05) is 48.7 Å². The van der Waals surface area contributed by atoms with Crippen LogP contribution in [0.4, 0.5) is 11.4 Å². The molecular weight excluding hydrogens is 348 g/mol. The number of nitrogens with one attached hydrogen (secondary N) is 2.